The highest BCUT2D eigenvalue weighted by Gasteiger charge is 2.25. The minimum absolute atomic E-state index is 0.0237. The Morgan fingerprint density at radius 1 is 1.33 bits per heavy atom. The van der Waals surface area contributed by atoms with E-state index in [1.807, 2.05) is 6.07 Å². The van der Waals surface area contributed by atoms with Crippen molar-refractivity contribution in [1.29, 1.82) is 0 Å². The molecule has 2 aromatic heterocycles. The summed E-state index contributed by atoms with van der Waals surface area (Å²) in [6.07, 6.45) is 3.56. The summed E-state index contributed by atoms with van der Waals surface area (Å²) in [5.74, 6) is 0.206. The number of furan rings is 1. The molecule has 0 N–H and O–H groups in total. The van der Waals surface area contributed by atoms with Gasteiger partial charge in [0.15, 0.2) is 0 Å². The SMILES string of the molecule is Cc1cc(C(=O)N(Cc2ccco2)CC2CCCO2)c2ccc(F)cc2n1. The fourth-order valence-electron chi connectivity index (χ4n) is 3.53. The van der Waals surface area contributed by atoms with E-state index in [9.17, 15) is 9.18 Å². The van der Waals surface area contributed by atoms with Gasteiger partial charge in [-0.15, -0.1) is 0 Å². The highest BCUT2D eigenvalue weighted by atomic mass is 19.1. The summed E-state index contributed by atoms with van der Waals surface area (Å²) in [4.78, 5) is 19.5. The second kappa shape index (κ2) is 7.48. The van der Waals surface area contributed by atoms with Gasteiger partial charge in [-0.3, -0.25) is 9.78 Å². The Kier molecular flexibility index (Phi) is 4.90. The second-order valence-corrected chi connectivity index (χ2v) is 6.87. The number of carbonyl (C=O) groups excluding carboxylic acids is 1. The number of benzene rings is 1. The fourth-order valence-corrected chi connectivity index (χ4v) is 3.53. The Morgan fingerprint density at radius 3 is 2.96 bits per heavy atom. The van der Waals surface area contributed by atoms with Crippen LogP contribution in [0.3, 0.4) is 0 Å². The first kappa shape index (κ1) is 17.7. The normalized spacial score (nSPS) is 16.7. The molecule has 0 radical (unpaired) electrons. The number of halogens is 1. The van der Waals surface area contributed by atoms with Crippen molar-refractivity contribution in [2.45, 2.75) is 32.4 Å². The van der Waals surface area contributed by atoms with E-state index < -0.39 is 0 Å². The monoisotopic (exact) mass is 368 g/mol. The Bertz CT molecular complexity index is 944. The van der Waals surface area contributed by atoms with E-state index >= 15 is 0 Å². The van der Waals surface area contributed by atoms with Crippen molar-refractivity contribution in [3.05, 3.63) is 65.5 Å². The summed E-state index contributed by atoms with van der Waals surface area (Å²) in [6.45, 7) is 3.38. The average Bonchev–Trinajstić information content (AvgIpc) is 3.33. The van der Waals surface area contributed by atoms with Crippen molar-refractivity contribution in [2.24, 2.45) is 0 Å². The number of aryl methyl sites for hydroxylation is 1. The molecule has 140 valence electrons. The number of pyridine rings is 1. The van der Waals surface area contributed by atoms with Crippen molar-refractivity contribution < 1.29 is 18.3 Å². The van der Waals surface area contributed by atoms with Gasteiger partial charge in [-0.25, -0.2) is 4.39 Å². The van der Waals surface area contributed by atoms with Crippen molar-refractivity contribution in [3.63, 3.8) is 0 Å². The molecule has 3 heterocycles. The molecule has 3 aromatic rings. The van der Waals surface area contributed by atoms with Gasteiger partial charge in [0.2, 0.25) is 0 Å². The molecule has 27 heavy (non-hydrogen) atoms. The molecule has 0 bridgehead atoms. The molecule has 0 saturated carbocycles. The van der Waals surface area contributed by atoms with E-state index in [0.29, 0.717) is 41.0 Å². The lowest BCUT2D eigenvalue weighted by molar-refractivity contribution is 0.0493. The van der Waals surface area contributed by atoms with E-state index in [0.717, 1.165) is 19.4 Å². The number of carbonyl (C=O) groups is 1. The van der Waals surface area contributed by atoms with Crippen LogP contribution in [0.4, 0.5) is 4.39 Å². The third-order valence-corrected chi connectivity index (χ3v) is 4.79. The average molecular weight is 368 g/mol. The number of hydrogen-bond acceptors (Lipinski definition) is 4. The Hall–Kier alpha value is -2.73. The molecular weight excluding hydrogens is 347 g/mol. The summed E-state index contributed by atoms with van der Waals surface area (Å²) in [5.41, 5.74) is 1.67. The summed E-state index contributed by atoms with van der Waals surface area (Å²) >= 11 is 0. The van der Waals surface area contributed by atoms with Crippen LogP contribution >= 0.6 is 0 Å². The van der Waals surface area contributed by atoms with Crippen LogP contribution in [0.25, 0.3) is 10.9 Å². The van der Waals surface area contributed by atoms with Gasteiger partial charge in [0.1, 0.15) is 11.6 Å². The van der Waals surface area contributed by atoms with Gasteiger partial charge in [-0.1, -0.05) is 0 Å². The fraction of sp³-hybridized carbons (Fsp3) is 0.333. The third kappa shape index (κ3) is 3.85. The first-order valence-electron chi connectivity index (χ1n) is 9.10. The van der Waals surface area contributed by atoms with E-state index in [-0.39, 0.29) is 17.8 Å². The zero-order valence-electron chi connectivity index (χ0n) is 15.2. The molecule has 1 amide bonds. The zero-order chi connectivity index (χ0) is 18.8. The number of fused-ring (bicyclic) bond motifs is 1. The number of ether oxygens (including phenoxy) is 1. The molecule has 6 heteroatoms. The van der Waals surface area contributed by atoms with E-state index in [1.165, 1.54) is 12.1 Å². The van der Waals surface area contributed by atoms with Crippen LogP contribution in [-0.4, -0.2) is 35.0 Å². The van der Waals surface area contributed by atoms with Crippen molar-refractivity contribution >= 4 is 16.8 Å². The Labute approximate surface area is 156 Å². The van der Waals surface area contributed by atoms with Crippen LogP contribution in [0.1, 0.15) is 34.7 Å². The summed E-state index contributed by atoms with van der Waals surface area (Å²) in [6, 6.07) is 9.73. The smallest absolute Gasteiger partial charge is 0.255 e. The minimum atomic E-state index is -0.370. The molecule has 0 spiro atoms. The molecule has 1 aliphatic rings. The molecular formula is C21H21FN2O3. The lowest BCUT2D eigenvalue weighted by Gasteiger charge is -2.25. The number of aromatic nitrogens is 1. The third-order valence-electron chi connectivity index (χ3n) is 4.79. The highest BCUT2D eigenvalue weighted by Crippen LogP contribution is 2.23. The molecule has 1 unspecified atom stereocenters. The van der Waals surface area contributed by atoms with Crippen LogP contribution in [0.2, 0.25) is 0 Å². The molecule has 1 atom stereocenters. The molecule has 1 saturated heterocycles. The highest BCUT2D eigenvalue weighted by molar-refractivity contribution is 6.06. The number of hydrogen-bond donors (Lipinski definition) is 0. The van der Waals surface area contributed by atoms with Gasteiger partial charge < -0.3 is 14.1 Å². The molecule has 1 fully saturated rings. The van der Waals surface area contributed by atoms with E-state index in [1.54, 1.807) is 36.3 Å². The minimum Gasteiger partial charge on any atom is -0.467 e. The molecule has 0 aliphatic carbocycles. The molecule has 1 aliphatic heterocycles. The predicted octanol–water partition coefficient (Wildman–Crippen LogP) is 4.10. The molecule has 4 rings (SSSR count). The van der Waals surface area contributed by atoms with Crippen LogP contribution in [0.5, 0.6) is 0 Å². The van der Waals surface area contributed by atoms with Crippen LogP contribution in [0, 0.1) is 12.7 Å². The number of nitrogens with zero attached hydrogens (tertiary/aromatic N) is 2. The number of amides is 1. The maximum Gasteiger partial charge on any atom is 0.255 e. The van der Waals surface area contributed by atoms with Crippen molar-refractivity contribution in [3.8, 4) is 0 Å². The zero-order valence-corrected chi connectivity index (χ0v) is 15.2. The first-order chi connectivity index (χ1) is 13.1. The first-order valence-corrected chi connectivity index (χ1v) is 9.10. The second-order valence-electron chi connectivity index (χ2n) is 6.87. The topological polar surface area (TPSA) is 55.6 Å². The van der Waals surface area contributed by atoms with Crippen molar-refractivity contribution in [1.82, 2.24) is 9.88 Å². The quantitative estimate of drug-likeness (QED) is 0.680. The number of rotatable bonds is 5. The van der Waals surface area contributed by atoms with Gasteiger partial charge in [0.05, 0.1) is 30.0 Å². The standard InChI is InChI=1S/C21H21FN2O3/c1-14-10-19(18-7-6-15(22)11-20(18)23-14)21(25)24(12-16-4-2-8-26-16)13-17-5-3-9-27-17/h2,4,6-8,10-11,17H,3,5,9,12-13H2,1H3. The van der Waals surface area contributed by atoms with Gasteiger partial charge in [-0.05, 0) is 50.1 Å². The maximum absolute atomic E-state index is 13.6. The summed E-state index contributed by atoms with van der Waals surface area (Å²) in [7, 11) is 0. The summed E-state index contributed by atoms with van der Waals surface area (Å²) < 4.78 is 24.8. The van der Waals surface area contributed by atoms with Crippen LogP contribution in [-0.2, 0) is 11.3 Å². The van der Waals surface area contributed by atoms with Gasteiger partial charge >= 0.3 is 0 Å². The Balaban J connectivity index is 1.70. The van der Waals surface area contributed by atoms with Gasteiger partial charge in [-0.2, -0.15) is 0 Å². The van der Waals surface area contributed by atoms with Gasteiger partial charge in [0, 0.05) is 30.3 Å². The van der Waals surface area contributed by atoms with E-state index in [2.05, 4.69) is 4.98 Å². The summed E-state index contributed by atoms with van der Waals surface area (Å²) in [5, 5.41) is 0.642. The van der Waals surface area contributed by atoms with Crippen LogP contribution < -0.4 is 0 Å². The van der Waals surface area contributed by atoms with Gasteiger partial charge in [0.25, 0.3) is 5.91 Å². The molecule has 5 nitrogen and oxygen atoms in total. The van der Waals surface area contributed by atoms with Crippen molar-refractivity contribution in [2.75, 3.05) is 13.2 Å². The predicted molar refractivity (Wildman–Crippen MR) is 98.9 cm³/mol. The molecule has 1 aromatic carbocycles. The lowest BCUT2D eigenvalue weighted by Crippen LogP contribution is -2.37. The Morgan fingerprint density at radius 2 is 2.22 bits per heavy atom. The van der Waals surface area contributed by atoms with E-state index in [4.69, 9.17) is 9.15 Å². The lowest BCUT2D eigenvalue weighted by atomic mass is 10.1. The van der Waals surface area contributed by atoms with Crippen LogP contribution in [0.15, 0.2) is 47.1 Å². The maximum atomic E-state index is 13.6. The largest absolute Gasteiger partial charge is 0.467 e.